The summed E-state index contributed by atoms with van der Waals surface area (Å²) in [5.41, 5.74) is 1.61. The molecule has 1 aromatic heterocycles. The van der Waals surface area contributed by atoms with Gasteiger partial charge in [-0.05, 0) is 34.1 Å². The van der Waals surface area contributed by atoms with Crippen LogP contribution in [-0.4, -0.2) is 31.3 Å². The molecule has 7 heteroatoms. The lowest BCUT2D eigenvalue weighted by atomic mass is 10.2. The molecule has 124 valence electrons. The Hall–Kier alpha value is -2.54. The summed E-state index contributed by atoms with van der Waals surface area (Å²) in [6.45, 7) is 0. The smallest absolute Gasteiger partial charge is 0.162 e. The van der Waals surface area contributed by atoms with Crippen LogP contribution in [0.1, 0.15) is 0 Å². The van der Waals surface area contributed by atoms with E-state index in [2.05, 4.69) is 31.2 Å². The number of methoxy groups -OCH3 is 3. The van der Waals surface area contributed by atoms with E-state index in [0.29, 0.717) is 17.3 Å². The maximum absolute atomic E-state index is 5.37. The Kier molecular flexibility index (Phi) is 4.71. The van der Waals surface area contributed by atoms with Gasteiger partial charge in [-0.15, -0.1) is 0 Å². The average molecular weight is 390 g/mol. The number of ether oxygens (including phenoxy) is 3. The van der Waals surface area contributed by atoms with Gasteiger partial charge in [-0.1, -0.05) is 0 Å². The molecule has 0 atom stereocenters. The van der Waals surface area contributed by atoms with Gasteiger partial charge in [0.25, 0.3) is 0 Å². The first-order valence-electron chi connectivity index (χ1n) is 7.13. The zero-order chi connectivity index (χ0) is 17.1. The highest BCUT2D eigenvalue weighted by Gasteiger charge is 2.11. The first-order chi connectivity index (χ1) is 11.7. The fourth-order valence-corrected chi connectivity index (χ4v) is 2.77. The molecule has 2 aromatic carbocycles. The molecule has 0 aliphatic rings. The third kappa shape index (κ3) is 3.07. The van der Waals surface area contributed by atoms with Crippen LogP contribution in [0.25, 0.3) is 10.9 Å². The monoisotopic (exact) mass is 389 g/mol. The fraction of sp³-hybridized carbons (Fsp3) is 0.176. The summed E-state index contributed by atoms with van der Waals surface area (Å²) >= 11 is 3.44. The summed E-state index contributed by atoms with van der Waals surface area (Å²) in [6, 6.07) is 9.41. The van der Waals surface area contributed by atoms with Gasteiger partial charge < -0.3 is 19.5 Å². The van der Waals surface area contributed by atoms with Gasteiger partial charge in [0.15, 0.2) is 11.5 Å². The van der Waals surface area contributed by atoms with E-state index in [1.165, 1.54) is 6.33 Å². The van der Waals surface area contributed by atoms with Crippen LogP contribution in [0.3, 0.4) is 0 Å². The minimum absolute atomic E-state index is 0.622. The molecule has 0 saturated heterocycles. The zero-order valence-electron chi connectivity index (χ0n) is 13.5. The topological polar surface area (TPSA) is 65.5 Å². The third-order valence-electron chi connectivity index (χ3n) is 3.55. The van der Waals surface area contributed by atoms with Gasteiger partial charge in [-0.25, -0.2) is 9.97 Å². The molecule has 24 heavy (non-hydrogen) atoms. The van der Waals surface area contributed by atoms with Crippen LogP contribution in [0.15, 0.2) is 41.1 Å². The highest BCUT2D eigenvalue weighted by Crippen LogP contribution is 2.35. The van der Waals surface area contributed by atoms with Crippen LogP contribution in [0.5, 0.6) is 17.2 Å². The number of fused-ring (bicyclic) bond motifs is 1. The van der Waals surface area contributed by atoms with Crippen molar-refractivity contribution in [1.82, 2.24) is 9.97 Å². The van der Waals surface area contributed by atoms with Crippen LogP contribution in [-0.2, 0) is 0 Å². The fourth-order valence-electron chi connectivity index (χ4n) is 2.36. The number of anilines is 2. The highest BCUT2D eigenvalue weighted by molar-refractivity contribution is 9.10. The Balaban J connectivity index is 2.06. The van der Waals surface area contributed by atoms with Gasteiger partial charge in [-0.3, -0.25) is 0 Å². The second-order valence-corrected chi connectivity index (χ2v) is 5.78. The van der Waals surface area contributed by atoms with Crippen LogP contribution >= 0.6 is 15.9 Å². The second-order valence-electron chi connectivity index (χ2n) is 4.92. The Morgan fingerprint density at radius 3 is 2.29 bits per heavy atom. The Bertz CT molecular complexity index is 886. The minimum Gasteiger partial charge on any atom is -0.495 e. The molecule has 3 rings (SSSR count). The van der Waals surface area contributed by atoms with E-state index < -0.39 is 0 Å². The van der Waals surface area contributed by atoms with Crippen molar-refractivity contribution in [2.24, 2.45) is 0 Å². The Morgan fingerprint density at radius 1 is 0.875 bits per heavy atom. The molecule has 0 saturated carbocycles. The maximum Gasteiger partial charge on any atom is 0.162 e. The number of aromatic nitrogens is 2. The summed E-state index contributed by atoms with van der Waals surface area (Å²) in [6.07, 6.45) is 1.51. The minimum atomic E-state index is 0.622. The van der Waals surface area contributed by atoms with Crippen LogP contribution in [0.4, 0.5) is 11.5 Å². The first kappa shape index (κ1) is 16.3. The lowest BCUT2D eigenvalue weighted by molar-refractivity contribution is 0.356. The molecule has 0 amide bonds. The molecule has 0 bridgehead atoms. The molecule has 0 aliphatic heterocycles. The van der Waals surface area contributed by atoms with Crippen LogP contribution < -0.4 is 19.5 Å². The van der Waals surface area contributed by atoms with E-state index in [4.69, 9.17) is 14.2 Å². The van der Waals surface area contributed by atoms with Crippen molar-refractivity contribution in [2.45, 2.75) is 0 Å². The summed E-state index contributed by atoms with van der Waals surface area (Å²) < 4.78 is 16.9. The SMILES string of the molecule is COc1cc(Nc2ncnc3cc(OC)c(OC)cc23)ccc1Br. The van der Waals surface area contributed by atoms with E-state index in [9.17, 15) is 0 Å². The molecular formula is C17H16BrN3O3. The van der Waals surface area contributed by atoms with Crippen LogP contribution in [0.2, 0.25) is 0 Å². The van der Waals surface area contributed by atoms with Gasteiger partial charge in [-0.2, -0.15) is 0 Å². The molecule has 0 aliphatic carbocycles. The maximum atomic E-state index is 5.37. The number of nitrogens with zero attached hydrogens (tertiary/aromatic N) is 2. The van der Waals surface area contributed by atoms with Gasteiger partial charge in [0.1, 0.15) is 17.9 Å². The predicted octanol–water partition coefficient (Wildman–Crippen LogP) is 4.16. The number of rotatable bonds is 5. The van der Waals surface area contributed by atoms with E-state index in [0.717, 1.165) is 26.8 Å². The van der Waals surface area contributed by atoms with Gasteiger partial charge in [0, 0.05) is 23.2 Å². The summed E-state index contributed by atoms with van der Waals surface area (Å²) in [5.74, 6) is 2.65. The predicted molar refractivity (Wildman–Crippen MR) is 96.6 cm³/mol. The lowest BCUT2D eigenvalue weighted by Gasteiger charge is -2.13. The van der Waals surface area contributed by atoms with Gasteiger partial charge in [0.2, 0.25) is 0 Å². The molecule has 6 nitrogen and oxygen atoms in total. The van der Waals surface area contributed by atoms with E-state index in [1.54, 1.807) is 21.3 Å². The van der Waals surface area contributed by atoms with Crippen molar-refractivity contribution in [3.63, 3.8) is 0 Å². The van der Waals surface area contributed by atoms with Crippen molar-refractivity contribution in [3.05, 3.63) is 41.1 Å². The molecular weight excluding hydrogens is 374 g/mol. The van der Waals surface area contributed by atoms with E-state index in [1.807, 2.05) is 30.3 Å². The summed E-state index contributed by atoms with van der Waals surface area (Å²) in [4.78, 5) is 8.64. The molecule has 1 N–H and O–H groups in total. The molecule has 0 fully saturated rings. The largest absolute Gasteiger partial charge is 0.495 e. The highest BCUT2D eigenvalue weighted by atomic mass is 79.9. The number of nitrogens with one attached hydrogen (secondary N) is 1. The number of halogens is 1. The second kappa shape index (κ2) is 6.92. The molecule has 0 spiro atoms. The summed E-state index contributed by atoms with van der Waals surface area (Å²) in [7, 11) is 4.82. The van der Waals surface area contributed by atoms with Crippen molar-refractivity contribution in [2.75, 3.05) is 26.6 Å². The zero-order valence-corrected chi connectivity index (χ0v) is 15.0. The van der Waals surface area contributed by atoms with Crippen molar-refractivity contribution < 1.29 is 14.2 Å². The van der Waals surface area contributed by atoms with E-state index >= 15 is 0 Å². The average Bonchev–Trinajstić information content (AvgIpc) is 2.62. The lowest BCUT2D eigenvalue weighted by Crippen LogP contribution is -1.98. The first-order valence-corrected chi connectivity index (χ1v) is 7.93. The van der Waals surface area contributed by atoms with Gasteiger partial charge in [0.05, 0.1) is 31.3 Å². The van der Waals surface area contributed by atoms with Gasteiger partial charge >= 0.3 is 0 Å². The standard InChI is InChI=1S/C17H16BrN3O3/c1-22-14-6-10(4-5-12(14)18)21-17-11-7-15(23-2)16(24-3)8-13(11)19-9-20-17/h4-9H,1-3H3,(H,19,20,21). The third-order valence-corrected chi connectivity index (χ3v) is 4.21. The van der Waals surface area contributed by atoms with Crippen LogP contribution in [0, 0.1) is 0 Å². The molecule has 3 aromatic rings. The number of hydrogen-bond acceptors (Lipinski definition) is 6. The summed E-state index contributed by atoms with van der Waals surface area (Å²) in [5, 5.41) is 4.12. The van der Waals surface area contributed by atoms with Crippen molar-refractivity contribution >= 4 is 38.3 Å². The van der Waals surface area contributed by atoms with Crippen molar-refractivity contribution in [1.29, 1.82) is 0 Å². The molecule has 1 heterocycles. The molecule has 0 unspecified atom stereocenters. The van der Waals surface area contributed by atoms with Crippen molar-refractivity contribution in [3.8, 4) is 17.2 Å². The Labute approximate surface area is 147 Å². The number of hydrogen-bond donors (Lipinski definition) is 1. The normalized spacial score (nSPS) is 10.5. The van der Waals surface area contributed by atoms with E-state index in [-0.39, 0.29) is 0 Å². The number of benzene rings is 2. The quantitative estimate of drug-likeness (QED) is 0.706. The Morgan fingerprint density at radius 2 is 1.58 bits per heavy atom. The molecule has 0 radical (unpaired) electrons.